The molecule has 1 aromatic heterocycles. The van der Waals surface area contributed by atoms with E-state index in [-0.39, 0.29) is 28.4 Å². The monoisotopic (exact) mass is 635 g/mol. The quantitative estimate of drug-likeness (QED) is 0.172. The molecule has 0 radical (unpaired) electrons. The number of carbonyl (C=O) groups excluding carboxylic acids is 2. The number of benzene rings is 2. The van der Waals surface area contributed by atoms with Gasteiger partial charge in [-0.3, -0.25) is 9.69 Å². The highest BCUT2D eigenvalue weighted by Crippen LogP contribution is 2.44. The summed E-state index contributed by atoms with van der Waals surface area (Å²) in [5, 5.41) is 0.464. The molecule has 1 saturated heterocycles. The highest BCUT2D eigenvalue weighted by Gasteiger charge is 2.43. The zero-order chi connectivity index (χ0) is 31.8. The number of anilines is 1. The molecule has 0 N–H and O–H groups in total. The number of hydrogen-bond acceptors (Lipinski definition) is 7. The van der Waals surface area contributed by atoms with Crippen molar-refractivity contribution in [1.29, 1.82) is 0 Å². The molecule has 13 heteroatoms. The van der Waals surface area contributed by atoms with Crippen molar-refractivity contribution in [1.82, 2.24) is 9.47 Å². The van der Waals surface area contributed by atoms with Crippen LogP contribution in [0.2, 0.25) is 0 Å². The summed E-state index contributed by atoms with van der Waals surface area (Å²) < 4.78 is 64.9. The van der Waals surface area contributed by atoms with Crippen LogP contribution in [0.25, 0.3) is 10.9 Å². The Hall–Kier alpha value is -3.90. The molecule has 0 bridgehead atoms. The molecule has 2 heterocycles. The summed E-state index contributed by atoms with van der Waals surface area (Å²) in [7, 11) is 3.32. The van der Waals surface area contributed by atoms with Crippen LogP contribution >= 0.6 is 11.6 Å². The number of fused-ring (bicyclic) bond motifs is 1. The van der Waals surface area contributed by atoms with Gasteiger partial charge in [-0.15, -0.1) is 0 Å². The van der Waals surface area contributed by atoms with Crippen LogP contribution in [0, 0.1) is 5.82 Å². The minimum absolute atomic E-state index is 0.0661. The zero-order valence-electron chi connectivity index (χ0n) is 24.0. The Morgan fingerprint density at radius 1 is 1.11 bits per heavy atom. The van der Waals surface area contributed by atoms with Crippen molar-refractivity contribution in [3.05, 3.63) is 80.4 Å². The van der Waals surface area contributed by atoms with Crippen LogP contribution in [0.3, 0.4) is 0 Å². The molecule has 0 unspecified atom stereocenters. The highest BCUT2D eigenvalue weighted by atomic mass is 35.5. The van der Waals surface area contributed by atoms with Gasteiger partial charge in [0.25, 0.3) is 0 Å². The largest absolute Gasteiger partial charge is 0.492 e. The Bertz CT molecular complexity index is 1680. The summed E-state index contributed by atoms with van der Waals surface area (Å²) in [6.07, 6.45) is -1.92. The van der Waals surface area contributed by atoms with Gasteiger partial charge in [-0.25, -0.2) is 14.0 Å². The first-order valence-electron chi connectivity index (χ1n) is 14.0. The third-order valence-electron chi connectivity index (χ3n) is 7.75. The Balaban J connectivity index is 1.43. The lowest BCUT2D eigenvalue weighted by atomic mass is 10.0. The second-order valence-corrected chi connectivity index (χ2v) is 11.4. The molecule has 0 atom stereocenters. The number of aromatic nitrogens is 1. The minimum atomic E-state index is -5.43. The molecule has 1 saturated carbocycles. The molecule has 8 nitrogen and oxygen atoms in total. The molecule has 3 aromatic rings. The van der Waals surface area contributed by atoms with E-state index in [1.165, 1.54) is 17.2 Å². The first kappa shape index (κ1) is 31.5. The van der Waals surface area contributed by atoms with Crippen LogP contribution in [-0.4, -0.2) is 61.4 Å². The summed E-state index contributed by atoms with van der Waals surface area (Å²) >= 11 is 6.72. The lowest BCUT2D eigenvalue weighted by molar-refractivity contribution is -0.193. The number of methoxy groups -OCH3 is 1. The number of esters is 2. The molecule has 5 rings (SSSR count). The lowest BCUT2D eigenvalue weighted by Gasteiger charge is -2.33. The maximum absolute atomic E-state index is 15.8. The molecular formula is C31H30ClF4N3O5. The van der Waals surface area contributed by atoms with Crippen molar-refractivity contribution in [2.75, 3.05) is 38.7 Å². The summed E-state index contributed by atoms with van der Waals surface area (Å²) in [5.41, 5.74) is 0.688. The summed E-state index contributed by atoms with van der Waals surface area (Å²) in [4.78, 5) is 40.9. The average Bonchev–Trinajstić information content (AvgIpc) is 3.82. The van der Waals surface area contributed by atoms with Gasteiger partial charge >= 0.3 is 18.1 Å². The van der Waals surface area contributed by atoms with Crippen molar-refractivity contribution in [3.8, 4) is 5.75 Å². The van der Waals surface area contributed by atoms with Gasteiger partial charge in [0, 0.05) is 43.4 Å². The zero-order valence-corrected chi connectivity index (χ0v) is 24.8. The average molecular weight is 636 g/mol. The van der Waals surface area contributed by atoms with Crippen molar-refractivity contribution in [2.45, 2.75) is 44.4 Å². The van der Waals surface area contributed by atoms with Crippen molar-refractivity contribution >= 4 is 40.1 Å². The van der Waals surface area contributed by atoms with E-state index in [1.807, 2.05) is 37.4 Å². The SMILES string of the molecule is COc1c(N2CCC(=C(Cl)CN(C)Cc3ccccc3)CC2)c(F)cc2c(=O)c(C(=O)OC(=O)C(F)(F)F)cn(C3CC3)c12. The van der Waals surface area contributed by atoms with Crippen molar-refractivity contribution < 1.29 is 36.6 Å². The molecule has 2 aromatic carbocycles. The number of carbonyl (C=O) groups is 2. The van der Waals surface area contributed by atoms with E-state index in [0.29, 0.717) is 45.3 Å². The normalized spacial score (nSPS) is 15.5. The molecule has 1 aliphatic carbocycles. The Morgan fingerprint density at radius 3 is 2.36 bits per heavy atom. The number of alkyl halides is 3. The minimum Gasteiger partial charge on any atom is -0.492 e. The number of rotatable bonds is 8. The molecule has 0 spiro atoms. The number of piperidine rings is 1. The summed E-state index contributed by atoms with van der Waals surface area (Å²) in [6, 6.07) is 10.8. The number of likely N-dealkylation sites (N-methyl/N-ethyl adjacent to an activating group) is 1. The summed E-state index contributed by atoms with van der Waals surface area (Å²) in [6.45, 7) is 2.14. The van der Waals surface area contributed by atoms with E-state index in [1.54, 1.807) is 4.90 Å². The van der Waals surface area contributed by atoms with E-state index in [4.69, 9.17) is 16.3 Å². The maximum atomic E-state index is 15.8. The van der Waals surface area contributed by atoms with E-state index >= 15 is 4.39 Å². The fourth-order valence-electron chi connectivity index (χ4n) is 5.49. The van der Waals surface area contributed by atoms with E-state index in [9.17, 15) is 27.6 Å². The third-order valence-corrected chi connectivity index (χ3v) is 8.14. The van der Waals surface area contributed by atoms with Crippen LogP contribution in [0.4, 0.5) is 23.2 Å². The standard InChI is InChI=1S/C31H30ClF4N3O5/c1-37(15-18-6-4-3-5-7-18)17-23(32)19-10-12-38(13-11-19)26-24(33)14-21-25(28(26)43-2)39(20-8-9-20)16-22(27(21)40)29(41)44-30(42)31(34,35)36/h3-7,14,16,20H,8-13,15,17H2,1-2H3. The van der Waals surface area contributed by atoms with Crippen LogP contribution in [0.15, 0.2) is 58.0 Å². The molecular weight excluding hydrogens is 606 g/mol. The number of nitrogens with zero attached hydrogens (tertiary/aromatic N) is 3. The molecule has 234 valence electrons. The maximum Gasteiger partial charge on any atom is 0.491 e. The van der Waals surface area contributed by atoms with E-state index in [2.05, 4.69) is 9.64 Å². The number of hydrogen-bond donors (Lipinski definition) is 0. The molecule has 0 amide bonds. The molecule has 2 fully saturated rings. The van der Waals surface area contributed by atoms with Crippen LogP contribution in [-0.2, 0) is 16.1 Å². The number of pyridine rings is 1. The first-order chi connectivity index (χ1) is 20.9. The van der Waals surface area contributed by atoms with Gasteiger partial charge in [0.1, 0.15) is 11.3 Å². The second kappa shape index (κ2) is 12.6. The van der Waals surface area contributed by atoms with Gasteiger partial charge in [-0.2, -0.15) is 13.2 Å². The molecule has 44 heavy (non-hydrogen) atoms. The van der Waals surface area contributed by atoms with Gasteiger partial charge in [0.15, 0.2) is 11.6 Å². The van der Waals surface area contributed by atoms with Crippen LogP contribution in [0.5, 0.6) is 5.75 Å². The van der Waals surface area contributed by atoms with Crippen molar-refractivity contribution in [2.24, 2.45) is 0 Å². The third kappa shape index (κ3) is 6.61. The van der Waals surface area contributed by atoms with E-state index in [0.717, 1.165) is 29.4 Å². The predicted molar refractivity (Wildman–Crippen MR) is 157 cm³/mol. The van der Waals surface area contributed by atoms with Gasteiger partial charge in [0.2, 0.25) is 5.43 Å². The van der Waals surface area contributed by atoms with Gasteiger partial charge < -0.3 is 18.9 Å². The van der Waals surface area contributed by atoms with E-state index < -0.39 is 34.9 Å². The number of ether oxygens (including phenoxy) is 2. The lowest BCUT2D eigenvalue weighted by Crippen LogP contribution is -2.33. The molecule has 2 aliphatic rings. The predicted octanol–water partition coefficient (Wildman–Crippen LogP) is 5.95. The Labute approximate surface area is 255 Å². The smallest absolute Gasteiger partial charge is 0.491 e. The topological polar surface area (TPSA) is 81.1 Å². The van der Waals surface area contributed by atoms with Gasteiger partial charge in [-0.1, -0.05) is 47.5 Å². The fourth-order valence-corrected chi connectivity index (χ4v) is 5.88. The van der Waals surface area contributed by atoms with Crippen LogP contribution < -0.4 is 15.1 Å². The first-order valence-corrected chi connectivity index (χ1v) is 14.4. The number of halogens is 5. The summed E-state index contributed by atoms with van der Waals surface area (Å²) in [5.74, 6) is -5.25. The molecule has 1 aliphatic heterocycles. The fraction of sp³-hybridized carbons (Fsp3) is 0.387. The van der Waals surface area contributed by atoms with Gasteiger partial charge in [-0.05, 0) is 44.4 Å². The van der Waals surface area contributed by atoms with Gasteiger partial charge in [0.05, 0.1) is 18.0 Å². The Kier molecular flexibility index (Phi) is 9.03. The second-order valence-electron chi connectivity index (χ2n) is 11.0. The highest BCUT2D eigenvalue weighted by molar-refractivity contribution is 6.30. The Morgan fingerprint density at radius 2 is 1.77 bits per heavy atom. The van der Waals surface area contributed by atoms with Crippen molar-refractivity contribution in [3.63, 3.8) is 0 Å². The van der Waals surface area contributed by atoms with Crippen LogP contribution in [0.1, 0.15) is 47.6 Å².